The number of pyridine rings is 1. The predicted molar refractivity (Wildman–Crippen MR) is 60.9 cm³/mol. The lowest BCUT2D eigenvalue weighted by atomic mass is 10.1. The quantitative estimate of drug-likeness (QED) is 0.464. The first-order valence-electron chi connectivity index (χ1n) is 5.42. The van der Waals surface area contributed by atoms with Crippen LogP contribution in [-0.2, 0) is 16.0 Å². The molecule has 1 aromatic heterocycles. The zero-order valence-corrected chi connectivity index (χ0v) is 10.3. The minimum absolute atomic E-state index is 0.0340. The van der Waals surface area contributed by atoms with Crippen molar-refractivity contribution >= 4 is 11.7 Å². The number of hydrogen-bond acceptors (Lipinski definition) is 6. The van der Waals surface area contributed by atoms with Gasteiger partial charge in [-0.2, -0.15) is 5.26 Å². The highest BCUT2D eigenvalue weighted by molar-refractivity contribution is 5.74. The molecule has 0 N–H and O–H groups in total. The van der Waals surface area contributed by atoms with Gasteiger partial charge in [-0.15, -0.1) is 0 Å². The summed E-state index contributed by atoms with van der Waals surface area (Å²) in [5.74, 6) is -0.849. The van der Waals surface area contributed by atoms with Gasteiger partial charge in [0.2, 0.25) is 0 Å². The fourth-order valence-electron chi connectivity index (χ4n) is 1.49. The first-order chi connectivity index (χ1) is 9.40. The maximum absolute atomic E-state index is 12.6. The number of carbonyl (C=O) groups is 1. The standard InChI is InChI=1S/C11H9F2N3O4/c1-2-20-9(17)4-7-10(16(18)19)6(5-14)3-8(15-7)11(12)13/h3,11H,2,4H2,1H3. The molecule has 0 aliphatic carbocycles. The molecule has 1 aromatic rings. The summed E-state index contributed by atoms with van der Waals surface area (Å²) in [6.07, 6.45) is -3.66. The van der Waals surface area contributed by atoms with Crippen LogP contribution in [0.5, 0.6) is 0 Å². The molecule has 0 saturated heterocycles. The third kappa shape index (κ3) is 3.44. The summed E-state index contributed by atoms with van der Waals surface area (Å²) in [4.78, 5) is 24.7. The van der Waals surface area contributed by atoms with Crippen LogP contribution in [0.1, 0.15) is 30.3 Å². The Morgan fingerprint density at radius 2 is 2.30 bits per heavy atom. The van der Waals surface area contributed by atoms with Crippen molar-refractivity contribution in [3.8, 4) is 6.07 Å². The van der Waals surface area contributed by atoms with Gasteiger partial charge in [0.15, 0.2) is 0 Å². The van der Waals surface area contributed by atoms with Gasteiger partial charge in [0, 0.05) is 0 Å². The number of nitrogens with zero attached hydrogens (tertiary/aromatic N) is 3. The maximum Gasteiger partial charge on any atom is 0.312 e. The number of carbonyl (C=O) groups excluding carboxylic acids is 1. The number of esters is 1. The highest BCUT2D eigenvalue weighted by atomic mass is 19.3. The van der Waals surface area contributed by atoms with E-state index in [0.717, 1.165) is 0 Å². The van der Waals surface area contributed by atoms with Crippen molar-refractivity contribution in [2.24, 2.45) is 0 Å². The zero-order valence-electron chi connectivity index (χ0n) is 10.3. The second-order valence-electron chi connectivity index (χ2n) is 3.54. The van der Waals surface area contributed by atoms with E-state index >= 15 is 0 Å². The van der Waals surface area contributed by atoms with Gasteiger partial charge >= 0.3 is 11.7 Å². The molecule has 1 heterocycles. The molecule has 1 rings (SSSR count). The third-order valence-corrected chi connectivity index (χ3v) is 2.23. The molecule has 0 aromatic carbocycles. The van der Waals surface area contributed by atoms with Gasteiger partial charge < -0.3 is 4.74 Å². The molecule has 0 radical (unpaired) electrons. The Labute approximate surface area is 111 Å². The Kier molecular flexibility index (Phi) is 5.02. The van der Waals surface area contributed by atoms with E-state index in [1.54, 1.807) is 0 Å². The molecular formula is C11H9F2N3O4. The van der Waals surface area contributed by atoms with Crippen molar-refractivity contribution in [1.29, 1.82) is 5.26 Å². The van der Waals surface area contributed by atoms with Crippen LogP contribution in [0.3, 0.4) is 0 Å². The molecule has 7 nitrogen and oxygen atoms in total. The van der Waals surface area contributed by atoms with Crippen LogP contribution in [0.2, 0.25) is 0 Å². The van der Waals surface area contributed by atoms with Crippen LogP contribution in [0.25, 0.3) is 0 Å². The van der Waals surface area contributed by atoms with E-state index in [0.29, 0.717) is 6.07 Å². The van der Waals surface area contributed by atoms with Gasteiger partial charge in [-0.1, -0.05) is 0 Å². The Hall–Kier alpha value is -2.63. The van der Waals surface area contributed by atoms with Crippen molar-refractivity contribution in [3.05, 3.63) is 33.1 Å². The number of nitro groups is 1. The van der Waals surface area contributed by atoms with Crippen molar-refractivity contribution in [3.63, 3.8) is 0 Å². The molecule has 0 aliphatic rings. The molecule has 20 heavy (non-hydrogen) atoms. The smallest absolute Gasteiger partial charge is 0.312 e. The van der Waals surface area contributed by atoms with Gasteiger partial charge in [0.25, 0.3) is 6.43 Å². The van der Waals surface area contributed by atoms with Crippen LogP contribution in [0.15, 0.2) is 6.07 Å². The maximum atomic E-state index is 12.6. The Balaban J connectivity index is 3.37. The number of nitriles is 1. The van der Waals surface area contributed by atoms with Crippen LogP contribution in [0.4, 0.5) is 14.5 Å². The summed E-state index contributed by atoms with van der Waals surface area (Å²) in [6, 6.07) is 2.09. The minimum Gasteiger partial charge on any atom is -0.466 e. The van der Waals surface area contributed by atoms with Crippen LogP contribution >= 0.6 is 0 Å². The number of aromatic nitrogens is 1. The van der Waals surface area contributed by atoms with Crippen molar-refractivity contribution in [2.75, 3.05) is 6.61 Å². The van der Waals surface area contributed by atoms with E-state index in [1.165, 1.54) is 13.0 Å². The number of halogens is 2. The molecule has 0 bridgehead atoms. The van der Waals surface area contributed by atoms with Crippen LogP contribution in [0, 0.1) is 21.4 Å². The zero-order chi connectivity index (χ0) is 15.3. The highest BCUT2D eigenvalue weighted by Gasteiger charge is 2.27. The molecular weight excluding hydrogens is 276 g/mol. The van der Waals surface area contributed by atoms with Crippen LogP contribution in [-0.4, -0.2) is 22.5 Å². The number of hydrogen-bond donors (Lipinski definition) is 0. The summed E-state index contributed by atoms with van der Waals surface area (Å²) < 4.78 is 29.8. The van der Waals surface area contributed by atoms with E-state index < -0.39 is 46.4 Å². The van der Waals surface area contributed by atoms with Crippen molar-refractivity contribution in [2.45, 2.75) is 19.8 Å². The van der Waals surface area contributed by atoms with E-state index in [1.807, 2.05) is 0 Å². The second-order valence-corrected chi connectivity index (χ2v) is 3.54. The monoisotopic (exact) mass is 285 g/mol. The van der Waals surface area contributed by atoms with E-state index in [-0.39, 0.29) is 6.61 Å². The Morgan fingerprint density at radius 1 is 1.65 bits per heavy atom. The molecule has 0 spiro atoms. The van der Waals surface area contributed by atoms with Gasteiger partial charge in [-0.25, -0.2) is 13.8 Å². The number of alkyl halides is 2. The lowest BCUT2D eigenvalue weighted by molar-refractivity contribution is -0.386. The van der Waals surface area contributed by atoms with E-state index in [2.05, 4.69) is 9.72 Å². The molecule has 106 valence electrons. The first kappa shape index (κ1) is 15.4. The van der Waals surface area contributed by atoms with Crippen molar-refractivity contribution in [1.82, 2.24) is 4.98 Å². The molecule has 9 heteroatoms. The number of rotatable bonds is 5. The van der Waals surface area contributed by atoms with Gasteiger partial charge in [-0.05, 0) is 13.0 Å². The number of ether oxygens (including phenoxy) is 1. The van der Waals surface area contributed by atoms with Crippen molar-refractivity contribution < 1.29 is 23.2 Å². The lowest BCUT2D eigenvalue weighted by Gasteiger charge is -2.06. The predicted octanol–water partition coefficient (Wildman–Crippen LogP) is 1.90. The largest absolute Gasteiger partial charge is 0.466 e. The van der Waals surface area contributed by atoms with E-state index in [9.17, 15) is 23.7 Å². The minimum atomic E-state index is -3.01. The molecule has 0 unspecified atom stereocenters. The molecule has 0 aliphatic heterocycles. The first-order valence-corrected chi connectivity index (χ1v) is 5.42. The molecule has 0 amide bonds. The molecule has 0 saturated carbocycles. The molecule has 0 fully saturated rings. The molecule has 0 atom stereocenters. The lowest BCUT2D eigenvalue weighted by Crippen LogP contribution is -2.13. The average molecular weight is 285 g/mol. The second kappa shape index (κ2) is 6.51. The van der Waals surface area contributed by atoms with Gasteiger partial charge in [0.1, 0.15) is 23.0 Å². The summed E-state index contributed by atoms with van der Waals surface area (Å²) in [7, 11) is 0. The average Bonchev–Trinajstić information content (AvgIpc) is 2.37. The highest BCUT2D eigenvalue weighted by Crippen LogP contribution is 2.27. The van der Waals surface area contributed by atoms with Gasteiger partial charge in [-0.3, -0.25) is 14.9 Å². The topological polar surface area (TPSA) is 106 Å². The SMILES string of the molecule is CCOC(=O)Cc1nc(C(F)F)cc(C#N)c1[N+](=O)[O-]. The fraction of sp³-hybridized carbons (Fsp3) is 0.364. The fourth-order valence-corrected chi connectivity index (χ4v) is 1.49. The van der Waals surface area contributed by atoms with E-state index in [4.69, 9.17) is 5.26 Å². The Bertz CT molecular complexity index is 584. The summed E-state index contributed by atoms with van der Waals surface area (Å²) >= 11 is 0. The van der Waals surface area contributed by atoms with Gasteiger partial charge in [0.05, 0.1) is 18.0 Å². The summed E-state index contributed by atoms with van der Waals surface area (Å²) in [5, 5.41) is 19.7. The normalized spacial score (nSPS) is 10.2. The van der Waals surface area contributed by atoms with Crippen LogP contribution < -0.4 is 0 Å². The third-order valence-electron chi connectivity index (χ3n) is 2.23. The Morgan fingerprint density at radius 3 is 2.75 bits per heavy atom. The summed E-state index contributed by atoms with van der Waals surface area (Å²) in [6.45, 7) is 1.56. The summed E-state index contributed by atoms with van der Waals surface area (Å²) in [5.41, 5.74) is -2.64.